The normalized spacial score (nSPS) is 29.7. The van der Waals surface area contributed by atoms with E-state index in [2.05, 4.69) is 14.5 Å². The monoisotopic (exact) mass is 239 g/mol. The summed E-state index contributed by atoms with van der Waals surface area (Å²) in [4.78, 5) is 16.2. The van der Waals surface area contributed by atoms with E-state index in [1.165, 1.54) is 6.92 Å². The minimum Gasteiger partial charge on any atom is -0.382 e. The third-order valence-corrected chi connectivity index (χ3v) is 3.26. The molecular formula is C11H14NO3P. The van der Waals surface area contributed by atoms with E-state index < -0.39 is 5.60 Å². The molecule has 0 spiro atoms. The van der Waals surface area contributed by atoms with Crippen molar-refractivity contribution in [2.45, 2.75) is 31.5 Å². The largest absolute Gasteiger partial charge is 0.382 e. The molecule has 0 radical (unpaired) electrons. The smallest absolute Gasteiger partial charge is 0.195 e. The van der Waals surface area contributed by atoms with Crippen molar-refractivity contribution < 1.29 is 14.4 Å². The van der Waals surface area contributed by atoms with E-state index in [9.17, 15) is 9.90 Å². The standard InChI is InChI=1S/C11H14NO3P/c1-11(14)5-4-8(15-16)9-7(10(11)13)3-2-6-12-9/h2-3,6,8,14H,4-5,16H2,1H3. The van der Waals surface area contributed by atoms with Crippen LogP contribution < -0.4 is 0 Å². The zero-order valence-corrected chi connectivity index (χ0v) is 10.2. The van der Waals surface area contributed by atoms with Crippen LogP contribution in [0.3, 0.4) is 0 Å². The summed E-state index contributed by atoms with van der Waals surface area (Å²) in [5.41, 5.74) is -0.256. The molecule has 0 bridgehead atoms. The minimum absolute atomic E-state index is 0.251. The number of hydrogen-bond acceptors (Lipinski definition) is 4. The van der Waals surface area contributed by atoms with Crippen molar-refractivity contribution in [1.82, 2.24) is 4.98 Å². The van der Waals surface area contributed by atoms with Crippen LogP contribution in [-0.2, 0) is 4.52 Å². The van der Waals surface area contributed by atoms with E-state index in [0.717, 1.165) is 0 Å². The minimum atomic E-state index is -1.32. The maximum absolute atomic E-state index is 12.1. The van der Waals surface area contributed by atoms with Gasteiger partial charge < -0.3 is 9.63 Å². The molecule has 0 aromatic carbocycles. The number of aliphatic hydroxyl groups is 1. The first-order chi connectivity index (χ1) is 7.56. The highest BCUT2D eigenvalue weighted by Crippen LogP contribution is 2.35. The van der Waals surface area contributed by atoms with E-state index in [-0.39, 0.29) is 11.9 Å². The average Bonchev–Trinajstić information content (AvgIpc) is 2.37. The SMILES string of the molecule is CC1(O)CCC(OP)c2ncccc2C1=O. The first kappa shape index (κ1) is 11.6. The third-order valence-electron chi connectivity index (χ3n) is 2.93. The Morgan fingerprint density at radius 1 is 1.69 bits per heavy atom. The first-order valence-corrected chi connectivity index (χ1v) is 5.61. The molecule has 16 heavy (non-hydrogen) atoms. The molecule has 3 atom stereocenters. The summed E-state index contributed by atoms with van der Waals surface area (Å²) >= 11 is 0. The van der Waals surface area contributed by atoms with Crippen molar-refractivity contribution in [2.75, 3.05) is 0 Å². The molecule has 1 N–H and O–H groups in total. The zero-order chi connectivity index (χ0) is 11.8. The number of Topliss-reactive ketones (excluding diaryl/α,β-unsaturated/α-hetero) is 1. The van der Waals surface area contributed by atoms with Gasteiger partial charge in [-0.2, -0.15) is 0 Å². The number of fused-ring (bicyclic) bond motifs is 1. The number of hydrogen-bond donors (Lipinski definition) is 1. The molecule has 0 saturated heterocycles. The zero-order valence-electron chi connectivity index (χ0n) is 9.01. The number of rotatable bonds is 1. The van der Waals surface area contributed by atoms with Gasteiger partial charge in [0.15, 0.2) is 5.78 Å². The lowest BCUT2D eigenvalue weighted by Crippen LogP contribution is -2.34. The first-order valence-electron chi connectivity index (χ1n) is 5.14. The maximum atomic E-state index is 12.1. The lowest BCUT2D eigenvalue weighted by atomic mass is 9.93. The summed E-state index contributed by atoms with van der Waals surface area (Å²) in [6, 6.07) is 3.37. The highest BCUT2D eigenvalue weighted by atomic mass is 31.0. The van der Waals surface area contributed by atoms with Gasteiger partial charge in [-0.1, -0.05) is 0 Å². The lowest BCUT2D eigenvalue weighted by molar-refractivity contribution is 0.0339. The van der Waals surface area contributed by atoms with Crippen LogP contribution in [0.4, 0.5) is 0 Å². The van der Waals surface area contributed by atoms with Crippen molar-refractivity contribution in [3.05, 3.63) is 29.6 Å². The van der Waals surface area contributed by atoms with Crippen molar-refractivity contribution in [3.63, 3.8) is 0 Å². The van der Waals surface area contributed by atoms with Crippen molar-refractivity contribution in [1.29, 1.82) is 0 Å². The van der Waals surface area contributed by atoms with Crippen LogP contribution in [0.25, 0.3) is 0 Å². The number of nitrogens with zero attached hydrogens (tertiary/aromatic N) is 1. The Hall–Kier alpha value is -0.830. The van der Waals surface area contributed by atoms with Crippen LogP contribution in [0.1, 0.15) is 41.9 Å². The van der Waals surface area contributed by atoms with Crippen molar-refractivity contribution >= 4 is 15.2 Å². The molecule has 1 aromatic rings. The Kier molecular flexibility index (Phi) is 3.06. The molecule has 2 rings (SSSR count). The molecule has 1 aromatic heterocycles. The lowest BCUT2D eigenvalue weighted by Gasteiger charge is -2.18. The van der Waals surface area contributed by atoms with Gasteiger partial charge in [0.05, 0.1) is 5.69 Å². The second kappa shape index (κ2) is 4.21. The molecule has 0 saturated carbocycles. The summed E-state index contributed by atoms with van der Waals surface area (Å²) in [7, 11) is 2.19. The number of ketones is 1. The van der Waals surface area contributed by atoms with Gasteiger partial charge in [0.2, 0.25) is 0 Å². The van der Waals surface area contributed by atoms with E-state index in [1.54, 1.807) is 18.3 Å². The fourth-order valence-corrected chi connectivity index (χ4v) is 2.22. The van der Waals surface area contributed by atoms with Crippen LogP contribution in [-0.4, -0.2) is 21.5 Å². The van der Waals surface area contributed by atoms with Gasteiger partial charge in [-0.3, -0.25) is 9.78 Å². The van der Waals surface area contributed by atoms with Crippen molar-refractivity contribution in [3.8, 4) is 0 Å². The molecule has 4 nitrogen and oxygen atoms in total. The molecule has 0 aliphatic heterocycles. The maximum Gasteiger partial charge on any atom is 0.195 e. The summed E-state index contributed by atoms with van der Waals surface area (Å²) in [5, 5.41) is 10.0. The Morgan fingerprint density at radius 2 is 2.44 bits per heavy atom. The molecular weight excluding hydrogens is 225 g/mol. The third kappa shape index (κ3) is 1.88. The van der Waals surface area contributed by atoms with E-state index >= 15 is 0 Å². The Labute approximate surface area is 96.3 Å². The Balaban J connectivity index is 2.54. The quantitative estimate of drug-likeness (QED) is 0.598. The number of carbonyl (C=O) groups is 1. The van der Waals surface area contributed by atoms with Gasteiger partial charge in [-0.25, -0.2) is 0 Å². The highest BCUT2D eigenvalue weighted by Gasteiger charge is 2.38. The highest BCUT2D eigenvalue weighted by molar-refractivity contribution is 7.09. The van der Waals surface area contributed by atoms with Crippen LogP contribution in [0.5, 0.6) is 0 Å². The summed E-state index contributed by atoms with van der Waals surface area (Å²) in [5.74, 6) is -0.278. The second-order valence-electron chi connectivity index (χ2n) is 4.20. The van der Waals surface area contributed by atoms with E-state index in [0.29, 0.717) is 24.1 Å². The Bertz CT molecular complexity index is 419. The van der Waals surface area contributed by atoms with Crippen LogP contribution >= 0.6 is 9.47 Å². The molecule has 0 amide bonds. The van der Waals surface area contributed by atoms with Gasteiger partial charge in [0.1, 0.15) is 11.7 Å². The van der Waals surface area contributed by atoms with Crippen LogP contribution in [0.15, 0.2) is 18.3 Å². The van der Waals surface area contributed by atoms with Gasteiger partial charge in [-0.05, 0) is 31.9 Å². The van der Waals surface area contributed by atoms with E-state index in [4.69, 9.17) is 4.52 Å². The van der Waals surface area contributed by atoms with Crippen molar-refractivity contribution in [2.24, 2.45) is 0 Å². The van der Waals surface area contributed by atoms with Crippen LogP contribution in [0, 0.1) is 0 Å². The Morgan fingerprint density at radius 3 is 3.12 bits per heavy atom. The number of aromatic nitrogens is 1. The predicted molar refractivity (Wildman–Crippen MR) is 62.0 cm³/mol. The molecule has 1 heterocycles. The molecule has 1 aliphatic carbocycles. The molecule has 1 aliphatic rings. The average molecular weight is 239 g/mol. The fourth-order valence-electron chi connectivity index (χ4n) is 1.95. The summed E-state index contributed by atoms with van der Waals surface area (Å²) in [6.45, 7) is 1.54. The van der Waals surface area contributed by atoms with Gasteiger partial charge in [0.25, 0.3) is 0 Å². The van der Waals surface area contributed by atoms with Gasteiger partial charge in [0, 0.05) is 21.2 Å². The number of pyridine rings is 1. The molecule has 0 fully saturated rings. The predicted octanol–water partition coefficient (Wildman–Crippen LogP) is 1.66. The topological polar surface area (TPSA) is 59.4 Å². The van der Waals surface area contributed by atoms with Gasteiger partial charge >= 0.3 is 0 Å². The molecule has 86 valence electrons. The summed E-state index contributed by atoms with van der Waals surface area (Å²) in [6.07, 6.45) is 2.33. The second-order valence-corrected chi connectivity index (χ2v) is 4.47. The molecule has 3 unspecified atom stereocenters. The molecule has 5 heteroatoms. The number of carbonyl (C=O) groups excluding carboxylic acids is 1. The van der Waals surface area contributed by atoms with E-state index in [1.807, 2.05) is 0 Å². The summed E-state index contributed by atoms with van der Waals surface area (Å²) < 4.78 is 5.23. The fraction of sp³-hybridized carbons (Fsp3) is 0.455. The van der Waals surface area contributed by atoms with Gasteiger partial charge in [-0.15, -0.1) is 0 Å². The van der Waals surface area contributed by atoms with Crippen LogP contribution in [0.2, 0.25) is 0 Å².